The summed E-state index contributed by atoms with van der Waals surface area (Å²) in [5.41, 5.74) is 5.09. The maximum atomic E-state index is 5.68. The molecule has 16 heavy (non-hydrogen) atoms. The van der Waals surface area contributed by atoms with E-state index in [4.69, 9.17) is 15.0 Å². The number of nitrogens with two attached hydrogens (primary N) is 1. The van der Waals surface area contributed by atoms with Crippen LogP contribution in [0.15, 0.2) is 4.52 Å². The first-order chi connectivity index (χ1) is 7.57. The maximum absolute atomic E-state index is 5.68. The van der Waals surface area contributed by atoms with Gasteiger partial charge in [0.25, 0.3) is 0 Å². The Kier molecular flexibility index (Phi) is 4.44. The van der Waals surface area contributed by atoms with Crippen LogP contribution in [0.4, 0.5) is 0 Å². The summed E-state index contributed by atoms with van der Waals surface area (Å²) < 4.78 is 10.9. The molecule has 0 aliphatic rings. The number of ether oxygens (including phenoxy) is 1. The Morgan fingerprint density at radius 2 is 2.19 bits per heavy atom. The summed E-state index contributed by atoms with van der Waals surface area (Å²) in [7, 11) is 0. The molecular weight excluding hydrogens is 206 g/mol. The van der Waals surface area contributed by atoms with E-state index in [0.29, 0.717) is 24.9 Å². The minimum atomic E-state index is -0.467. The highest BCUT2D eigenvalue weighted by atomic mass is 16.5. The summed E-state index contributed by atoms with van der Waals surface area (Å²) >= 11 is 0. The summed E-state index contributed by atoms with van der Waals surface area (Å²) in [5, 5.41) is 3.98. The molecular formula is C11H21N3O2. The largest absolute Gasteiger partial charge is 0.367 e. The van der Waals surface area contributed by atoms with Crippen molar-refractivity contribution in [2.75, 3.05) is 13.2 Å². The van der Waals surface area contributed by atoms with Crippen LogP contribution in [0.5, 0.6) is 0 Å². The second-order valence-electron chi connectivity index (χ2n) is 4.11. The minimum Gasteiger partial charge on any atom is -0.367 e. The van der Waals surface area contributed by atoms with E-state index in [-0.39, 0.29) is 5.92 Å². The highest BCUT2D eigenvalue weighted by Crippen LogP contribution is 2.27. The van der Waals surface area contributed by atoms with Crippen molar-refractivity contribution in [1.29, 1.82) is 0 Å². The molecule has 0 fully saturated rings. The van der Waals surface area contributed by atoms with Gasteiger partial charge in [-0.1, -0.05) is 19.0 Å². The first kappa shape index (κ1) is 13.1. The number of rotatable bonds is 6. The van der Waals surface area contributed by atoms with Crippen LogP contribution < -0.4 is 5.73 Å². The second-order valence-corrected chi connectivity index (χ2v) is 4.11. The van der Waals surface area contributed by atoms with E-state index in [9.17, 15) is 0 Å². The van der Waals surface area contributed by atoms with Gasteiger partial charge in [-0.25, -0.2) is 0 Å². The molecule has 1 aromatic rings. The van der Waals surface area contributed by atoms with Gasteiger partial charge in [-0.05, 0) is 20.3 Å². The average Bonchev–Trinajstić information content (AvgIpc) is 2.78. The lowest BCUT2D eigenvalue weighted by Gasteiger charge is -2.23. The Balaban J connectivity index is 2.90. The van der Waals surface area contributed by atoms with E-state index in [2.05, 4.69) is 10.1 Å². The van der Waals surface area contributed by atoms with Crippen LogP contribution in [0, 0.1) is 0 Å². The van der Waals surface area contributed by atoms with E-state index in [1.165, 1.54) is 0 Å². The fourth-order valence-electron chi connectivity index (χ4n) is 1.39. The fraction of sp³-hybridized carbons (Fsp3) is 0.818. The van der Waals surface area contributed by atoms with Crippen LogP contribution in [-0.4, -0.2) is 23.3 Å². The Hall–Kier alpha value is -0.940. The SMILES string of the molecule is CCOC(C)(CC)c1noc(C(C)CN)n1. The molecule has 2 unspecified atom stereocenters. The van der Waals surface area contributed by atoms with E-state index in [1.54, 1.807) is 0 Å². The summed E-state index contributed by atoms with van der Waals surface area (Å²) in [6, 6.07) is 0. The molecule has 0 saturated heterocycles. The highest BCUT2D eigenvalue weighted by Gasteiger charge is 2.31. The van der Waals surface area contributed by atoms with Gasteiger partial charge in [0.15, 0.2) is 0 Å². The third-order valence-electron chi connectivity index (χ3n) is 2.83. The summed E-state index contributed by atoms with van der Waals surface area (Å²) in [5.74, 6) is 1.27. The fourth-order valence-corrected chi connectivity index (χ4v) is 1.39. The molecule has 1 heterocycles. The Bertz CT molecular complexity index is 327. The smallest absolute Gasteiger partial charge is 0.230 e. The van der Waals surface area contributed by atoms with Crippen molar-refractivity contribution in [3.05, 3.63) is 11.7 Å². The predicted molar refractivity (Wildman–Crippen MR) is 61.0 cm³/mol. The Labute approximate surface area is 96.4 Å². The molecule has 0 bridgehead atoms. The maximum Gasteiger partial charge on any atom is 0.230 e. The zero-order valence-electron chi connectivity index (χ0n) is 10.5. The lowest BCUT2D eigenvalue weighted by atomic mass is 10.0. The predicted octanol–water partition coefficient (Wildman–Crippen LogP) is 1.79. The molecule has 92 valence electrons. The zero-order chi connectivity index (χ0) is 12.2. The van der Waals surface area contributed by atoms with Gasteiger partial charge in [-0.2, -0.15) is 4.98 Å². The second kappa shape index (κ2) is 5.41. The van der Waals surface area contributed by atoms with Crippen molar-refractivity contribution in [3.8, 4) is 0 Å². The van der Waals surface area contributed by atoms with Crippen molar-refractivity contribution in [3.63, 3.8) is 0 Å². The average molecular weight is 227 g/mol. The molecule has 1 rings (SSSR count). The van der Waals surface area contributed by atoms with Gasteiger partial charge in [-0.15, -0.1) is 0 Å². The lowest BCUT2D eigenvalue weighted by molar-refractivity contribution is -0.0403. The Morgan fingerprint density at radius 3 is 2.69 bits per heavy atom. The molecule has 5 heteroatoms. The lowest BCUT2D eigenvalue weighted by Crippen LogP contribution is -2.26. The topological polar surface area (TPSA) is 74.2 Å². The third kappa shape index (κ3) is 2.59. The van der Waals surface area contributed by atoms with Gasteiger partial charge in [0, 0.05) is 19.1 Å². The number of hydrogen-bond acceptors (Lipinski definition) is 5. The van der Waals surface area contributed by atoms with Crippen LogP contribution in [0.3, 0.4) is 0 Å². The molecule has 0 amide bonds. The van der Waals surface area contributed by atoms with Gasteiger partial charge in [0.05, 0.1) is 0 Å². The van der Waals surface area contributed by atoms with E-state index < -0.39 is 5.60 Å². The first-order valence-corrected chi connectivity index (χ1v) is 5.75. The molecule has 0 radical (unpaired) electrons. The summed E-state index contributed by atoms with van der Waals surface area (Å²) in [4.78, 5) is 4.36. The first-order valence-electron chi connectivity index (χ1n) is 5.75. The molecule has 0 spiro atoms. The van der Waals surface area contributed by atoms with Crippen LogP contribution in [0.1, 0.15) is 51.7 Å². The van der Waals surface area contributed by atoms with E-state index in [0.717, 1.165) is 6.42 Å². The van der Waals surface area contributed by atoms with Crippen molar-refractivity contribution >= 4 is 0 Å². The Morgan fingerprint density at radius 1 is 1.50 bits per heavy atom. The highest BCUT2D eigenvalue weighted by molar-refractivity contribution is 5.01. The van der Waals surface area contributed by atoms with Crippen LogP contribution in [0.25, 0.3) is 0 Å². The van der Waals surface area contributed by atoms with E-state index >= 15 is 0 Å². The van der Waals surface area contributed by atoms with Crippen molar-refractivity contribution in [2.45, 2.75) is 45.6 Å². The minimum absolute atomic E-state index is 0.0870. The molecule has 2 atom stereocenters. The molecule has 0 aromatic carbocycles. The van der Waals surface area contributed by atoms with Gasteiger partial charge in [0.2, 0.25) is 11.7 Å². The van der Waals surface area contributed by atoms with Gasteiger partial charge in [-0.3, -0.25) is 0 Å². The quantitative estimate of drug-likeness (QED) is 0.802. The summed E-state index contributed by atoms with van der Waals surface area (Å²) in [6.45, 7) is 9.05. The molecule has 0 saturated carbocycles. The van der Waals surface area contributed by atoms with Gasteiger partial charge in [0.1, 0.15) is 5.60 Å². The number of hydrogen-bond donors (Lipinski definition) is 1. The number of aromatic nitrogens is 2. The zero-order valence-corrected chi connectivity index (χ0v) is 10.5. The summed E-state index contributed by atoms with van der Waals surface area (Å²) in [6.07, 6.45) is 0.802. The van der Waals surface area contributed by atoms with Crippen LogP contribution >= 0.6 is 0 Å². The van der Waals surface area contributed by atoms with Crippen molar-refractivity contribution < 1.29 is 9.26 Å². The van der Waals surface area contributed by atoms with Gasteiger partial charge >= 0.3 is 0 Å². The standard InChI is InChI=1S/C11H21N3O2/c1-5-11(4,15-6-2)10-13-9(16-14-10)8(3)7-12/h8H,5-7,12H2,1-4H3. The molecule has 5 nitrogen and oxygen atoms in total. The molecule has 2 N–H and O–H groups in total. The van der Waals surface area contributed by atoms with Crippen LogP contribution in [-0.2, 0) is 10.3 Å². The normalized spacial score (nSPS) is 17.1. The van der Waals surface area contributed by atoms with Crippen molar-refractivity contribution in [2.24, 2.45) is 5.73 Å². The number of nitrogens with zero attached hydrogens (tertiary/aromatic N) is 2. The van der Waals surface area contributed by atoms with Crippen LogP contribution in [0.2, 0.25) is 0 Å². The third-order valence-corrected chi connectivity index (χ3v) is 2.83. The molecule has 1 aromatic heterocycles. The van der Waals surface area contributed by atoms with Crippen molar-refractivity contribution in [1.82, 2.24) is 10.1 Å². The molecule has 0 aliphatic heterocycles. The monoisotopic (exact) mass is 227 g/mol. The van der Waals surface area contributed by atoms with Gasteiger partial charge < -0.3 is 15.0 Å². The molecule has 0 aliphatic carbocycles. The van der Waals surface area contributed by atoms with E-state index in [1.807, 2.05) is 27.7 Å².